The van der Waals surface area contributed by atoms with Crippen LogP contribution >= 0.6 is 0 Å². The van der Waals surface area contributed by atoms with E-state index in [1.165, 1.54) is 19.9 Å². The summed E-state index contributed by atoms with van der Waals surface area (Å²) in [6.07, 6.45) is -1.69. The third-order valence-corrected chi connectivity index (χ3v) is 1.45. The molecule has 0 nitrogen and oxygen atoms in total. The van der Waals surface area contributed by atoms with Gasteiger partial charge in [-0.05, 0) is 26.3 Å². The number of alkyl halides is 3. The molecule has 0 aliphatic carbocycles. The first-order valence-electron chi connectivity index (χ1n) is 3.30. The van der Waals surface area contributed by atoms with Crippen molar-refractivity contribution in [3.8, 4) is 0 Å². The Balaban J connectivity index is 4.73. The number of halogens is 3. The number of hydrogen-bond acceptors (Lipinski definition) is 0. The second-order valence-corrected chi connectivity index (χ2v) is 2.17. The minimum Gasteiger partial charge on any atom is -0.166 e. The molecule has 64 valence electrons. The Bertz CT molecular complexity index is 184. The largest absolute Gasteiger partial charge is 0.416 e. The molecule has 0 N–H and O–H groups in total. The van der Waals surface area contributed by atoms with E-state index >= 15 is 0 Å². The molecule has 0 aliphatic rings. The first-order valence-corrected chi connectivity index (χ1v) is 3.30. The van der Waals surface area contributed by atoms with Gasteiger partial charge in [0.25, 0.3) is 0 Å². The van der Waals surface area contributed by atoms with Gasteiger partial charge in [-0.1, -0.05) is 12.2 Å². The van der Waals surface area contributed by atoms with Crippen LogP contribution in [0.1, 0.15) is 20.8 Å². The molecule has 0 aromatic carbocycles. The maximum Gasteiger partial charge on any atom is 0.416 e. The van der Waals surface area contributed by atoms with E-state index in [0.29, 0.717) is 0 Å². The van der Waals surface area contributed by atoms with Crippen LogP contribution in [-0.4, -0.2) is 6.18 Å². The van der Waals surface area contributed by atoms with Crippen LogP contribution in [0, 0.1) is 0 Å². The van der Waals surface area contributed by atoms with Gasteiger partial charge in [-0.15, -0.1) is 0 Å². The Labute approximate surface area is 64.4 Å². The zero-order valence-corrected chi connectivity index (χ0v) is 6.79. The van der Waals surface area contributed by atoms with Gasteiger partial charge in [-0.3, -0.25) is 0 Å². The fourth-order valence-corrected chi connectivity index (χ4v) is 0.770. The van der Waals surface area contributed by atoms with Gasteiger partial charge in [0, 0.05) is 0 Å². The molecule has 11 heavy (non-hydrogen) atoms. The first kappa shape index (κ1) is 10.3. The zero-order valence-electron chi connectivity index (χ0n) is 6.79. The molecular formula is C8H11F3. The molecule has 0 radical (unpaired) electrons. The lowest BCUT2D eigenvalue weighted by molar-refractivity contribution is -0.0894. The van der Waals surface area contributed by atoms with E-state index in [-0.39, 0.29) is 5.57 Å². The van der Waals surface area contributed by atoms with Crippen LogP contribution in [0.25, 0.3) is 0 Å². The summed E-state index contributed by atoms with van der Waals surface area (Å²) < 4.78 is 36.1. The fraction of sp³-hybridized carbons (Fsp3) is 0.500. The lowest BCUT2D eigenvalue weighted by atomic mass is 10.1. The lowest BCUT2D eigenvalue weighted by Gasteiger charge is -2.10. The van der Waals surface area contributed by atoms with Gasteiger partial charge >= 0.3 is 6.18 Å². The molecular weight excluding hydrogens is 153 g/mol. The van der Waals surface area contributed by atoms with Crippen LogP contribution in [0.3, 0.4) is 0 Å². The average molecular weight is 164 g/mol. The molecule has 0 spiro atoms. The van der Waals surface area contributed by atoms with Crippen LogP contribution in [0.4, 0.5) is 13.2 Å². The molecule has 0 amide bonds. The average Bonchev–Trinajstić information content (AvgIpc) is 1.86. The molecule has 3 heteroatoms. The monoisotopic (exact) mass is 164 g/mol. The predicted octanol–water partition coefficient (Wildman–Crippen LogP) is 3.46. The van der Waals surface area contributed by atoms with E-state index in [4.69, 9.17) is 0 Å². The predicted molar refractivity (Wildman–Crippen MR) is 39.2 cm³/mol. The first-order chi connectivity index (χ1) is 4.93. The van der Waals surface area contributed by atoms with Crippen LogP contribution in [-0.2, 0) is 0 Å². The molecule has 0 saturated carbocycles. The Morgan fingerprint density at radius 1 is 1.09 bits per heavy atom. The summed E-state index contributed by atoms with van der Waals surface area (Å²) in [5.41, 5.74) is -0.292. The topological polar surface area (TPSA) is 0 Å². The highest BCUT2D eigenvalue weighted by molar-refractivity contribution is 5.31. The van der Waals surface area contributed by atoms with Crippen molar-refractivity contribution in [3.63, 3.8) is 0 Å². The highest BCUT2D eigenvalue weighted by atomic mass is 19.4. The van der Waals surface area contributed by atoms with E-state index in [1.807, 2.05) is 0 Å². The molecule has 0 fully saturated rings. The lowest BCUT2D eigenvalue weighted by Crippen LogP contribution is -2.12. The van der Waals surface area contributed by atoms with Gasteiger partial charge in [0.05, 0.1) is 5.57 Å². The summed E-state index contributed by atoms with van der Waals surface area (Å²) in [6.45, 7) is 4.42. The van der Waals surface area contributed by atoms with Crippen molar-refractivity contribution >= 4 is 0 Å². The third kappa shape index (κ3) is 2.78. The smallest absolute Gasteiger partial charge is 0.166 e. The number of rotatable bonds is 1. The summed E-state index contributed by atoms with van der Waals surface area (Å²) in [5.74, 6) is 0. The quantitative estimate of drug-likeness (QED) is 0.520. The molecule has 0 aromatic heterocycles. The molecule has 0 aromatic rings. The SMILES string of the molecule is C/C=C(C)\C(=C/C)C(F)(F)F. The normalized spacial score (nSPS) is 15.5. The van der Waals surface area contributed by atoms with Crippen LogP contribution in [0.2, 0.25) is 0 Å². The van der Waals surface area contributed by atoms with E-state index in [9.17, 15) is 13.2 Å². The van der Waals surface area contributed by atoms with Crippen molar-refractivity contribution in [2.75, 3.05) is 0 Å². The number of allylic oxidation sites excluding steroid dienone is 4. The minimum absolute atomic E-state index is 0.264. The van der Waals surface area contributed by atoms with E-state index in [0.717, 1.165) is 6.08 Å². The van der Waals surface area contributed by atoms with Gasteiger partial charge in [0.1, 0.15) is 0 Å². The molecule has 0 atom stereocenters. The molecule has 0 saturated heterocycles. The van der Waals surface area contributed by atoms with Crippen molar-refractivity contribution in [2.24, 2.45) is 0 Å². The highest BCUT2D eigenvalue weighted by Crippen LogP contribution is 2.30. The maximum atomic E-state index is 12.0. The van der Waals surface area contributed by atoms with Crippen molar-refractivity contribution in [2.45, 2.75) is 26.9 Å². The zero-order chi connectivity index (χ0) is 9.07. The van der Waals surface area contributed by atoms with Gasteiger partial charge < -0.3 is 0 Å². The molecule has 0 heterocycles. The van der Waals surface area contributed by atoms with Gasteiger partial charge in [-0.2, -0.15) is 13.2 Å². The Morgan fingerprint density at radius 3 is 1.64 bits per heavy atom. The molecule has 0 aliphatic heterocycles. The van der Waals surface area contributed by atoms with Gasteiger partial charge in [-0.25, -0.2) is 0 Å². The van der Waals surface area contributed by atoms with Crippen LogP contribution in [0.15, 0.2) is 23.3 Å². The standard InChI is InChI=1S/C8H11F3/c1-4-6(3)7(5-2)8(9,10)11/h4-5H,1-3H3/b6-4-,7-5+. The van der Waals surface area contributed by atoms with Crippen molar-refractivity contribution < 1.29 is 13.2 Å². The summed E-state index contributed by atoms with van der Waals surface area (Å²) >= 11 is 0. The van der Waals surface area contributed by atoms with E-state index < -0.39 is 11.7 Å². The van der Waals surface area contributed by atoms with Crippen molar-refractivity contribution in [3.05, 3.63) is 23.3 Å². The molecule has 0 unspecified atom stereocenters. The molecule has 0 rings (SSSR count). The molecule has 0 bridgehead atoms. The Morgan fingerprint density at radius 2 is 1.55 bits per heavy atom. The van der Waals surface area contributed by atoms with E-state index in [1.54, 1.807) is 6.92 Å². The summed E-state index contributed by atoms with van der Waals surface area (Å²) in [6, 6.07) is 0. The number of hydrogen-bond donors (Lipinski definition) is 0. The van der Waals surface area contributed by atoms with Gasteiger partial charge in [0.15, 0.2) is 0 Å². The van der Waals surface area contributed by atoms with Crippen LogP contribution in [0.5, 0.6) is 0 Å². The maximum absolute atomic E-state index is 12.0. The summed E-state index contributed by atoms with van der Waals surface area (Å²) in [4.78, 5) is 0. The summed E-state index contributed by atoms with van der Waals surface area (Å²) in [5, 5.41) is 0. The Kier molecular flexibility index (Phi) is 3.36. The highest BCUT2D eigenvalue weighted by Gasteiger charge is 2.33. The van der Waals surface area contributed by atoms with Crippen molar-refractivity contribution in [1.29, 1.82) is 0 Å². The second kappa shape index (κ2) is 3.60. The van der Waals surface area contributed by atoms with Gasteiger partial charge in [0.2, 0.25) is 0 Å². The third-order valence-electron chi connectivity index (χ3n) is 1.45. The fourth-order valence-electron chi connectivity index (χ4n) is 0.770. The Hall–Kier alpha value is -0.730. The second-order valence-electron chi connectivity index (χ2n) is 2.17. The summed E-state index contributed by atoms with van der Waals surface area (Å²) in [7, 11) is 0. The van der Waals surface area contributed by atoms with E-state index in [2.05, 4.69) is 0 Å². The van der Waals surface area contributed by atoms with Crippen molar-refractivity contribution in [1.82, 2.24) is 0 Å². The minimum atomic E-state index is -4.22. The van der Waals surface area contributed by atoms with Crippen LogP contribution < -0.4 is 0 Å².